The molecular weight excluding hydrogens is 316 g/mol. The van der Waals surface area contributed by atoms with Gasteiger partial charge >= 0.3 is 0 Å². The van der Waals surface area contributed by atoms with E-state index < -0.39 is 5.41 Å². The molecule has 0 aromatic heterocycles. The van der Waals surface area contributed by atoms with Crippen molar-refractivity contribution >= 4 is 11.8 Å². The van der Waals surface area contributed by atoms with E-state index in [0.29, 0.717) is 25.9 Å². The van der Waals surface area contributed by atoms with E-state index in [0.717, 1.165) is 37.0 Å². The van der Waals surface area contributed by atoms with Crippen LogP contribution in [0.25, 0.3) is 0 Å². The molecule has 1 aliphatic heterocycles. The number of primary amides is 1. The molecule has 2 fully saturated rings. The molecule has 2 N–H and O–H groups in total. The highest BCUT2D eigenvalue weighted by Crippen LogP contribution is 2.42. The third kappa shape index (κ3) is 3.51. The Morgan fingerprint density at radius 1 is 1.08 bits per heavy atom. The number of carbonyl (C=O) groups is 2. The van der Waals surface area contributed by atoms with Crippen LogP contribution in [0.15, 0.2) is 24.3 Å². The van der Waals surface area contributed by atoms with Crippen LogP contribution in [0.2, 0.25) is 0 Å². The predicted octanol–water partition coefficient (Wildman–Crippen LogP) is 2.62. The number of ether oxygens (including phenoxy) is 1. The molecule has 1 aromatic rings. The summed E-state index contributed by atoms with van der Waals surface area (Å²) >= 11 is 0. The van der Waals surface area contributed by atoms with Gasteiger partial charge in [0.05, 0.1) is 12.5 Å². The third-order valence-electron chi connectivity index (χ3n) is 5.94. The van der Waals surface area contributed by atoms with Crippen molar-refractivity contribution in [2.45, 2.75) is 50.4 Å². The zero-order valence-corrected chi connectivity index (χ0v) is 15.0. The van der Waals surface area contributed by atoms with Gasteiger partial charge in [-0.3, -0.25) is 9.59 Å². The van der Waals surface area contributed by atoms with E-state index in [1.165, 1.54) is 6.42 Å². The van der Waals surface area contributed by atoms with Crippen molar-refractivity contribution in [2.24, 2.45) is 11.7 Å². The second kappa shape index (κ2) is 7.46. The Balaban J connectivity index is 1.82. The molecule has 1 aromatic carbocycles. The number of hydrogen-bond donors (Lipinski definition) is 1. The Bertz CT molecular complexity index is 612. The molecule has 0 bridgehead atoms. The quantitative estimate of drug-likeness (QED) is 0.912. The van der Waals surface area contributed by atoms with E-state index in [1.54, 1.807) is 7.11 Å². The maximum Gasteiger partial charge on any atom is 0.233 e. The Hall–Kier alpha value is -2.04. The zero-order chi connectivity index (χ0) is 17.9. The summed E-state index contributed by atoms with van der Waals surface area (Å²) in [7, 11) is 1.65. The molecule has 3 rings (SSSR count). The van der Waals surface area contributed by atoms with E-state index in [9.17, 15) is 9.59 Å². The highest BCUT2D eigenvalue weighted by atomic mass is 16.5. The zero-order valence-electron chi connectivity index (χ0n) is 15.0. The van der Waals surface area contributed by atoms with Crippen molar-refractivity contribution < 1.29 is 14.3 Å². The lowest BCUT2D eigenvalue weighted by Gasteiger charge is -2.42. The van der Waals surface area contributed by atoms with Crippen molar-refractivity contribution in [3.05, 3.63) is 29.8 Å². The number of rotatable bonds is 4. The fourth-order valence-electron chi connectivity index (χ4n) is 4.36. The monoisotopic (exact) mass is 344 g/mol. The summed E-state index contributed by atoms with van der Waals surface area (Å²) in [6.07, 6.45) is 6.50. The van der Waals surface area contributed by atoms with Crippen molar-refractivity contribution in [3.8, 4) is 5.75 Å². The summed E-state index contributed by atoms with van der Waals surface area (Å²) in [4.78, 5) is 26.8. The molecule has 1 aliphatic carbocycles. The number of piperidine rings is 1. The van der Waals surface area contributed by atoms with Gasteiger partial charge in [-0.05, 0) is 43.4 Å². The van der Waals surface area contributed by atoms with Gasteiger partial charge in [-0.2, -0.15) is 0 Å². The molecule has 25 heavy (non-hydrogen) atoms. The highest BCUT2D eigenvalue weighted by Gasteiger charge is 2.44. The van der Waals surface area contributed by atoms with Crippen LogP contribution in [0.5, 0.6) is 5.75 Å². The summed E-state index contributed by atoms with van der Waals surface area (Å²) in [6.45, 7) is 1.26. The van der Waals surface area contributed by atoms with Gasteiger partial charge in [-0.15, -0.1) is 0 Å². The lowest BCUT2D eigenvalue weighted by molar-refractivity contribution is -0.141. The first-order valence-electron chi connectivity index (χ1n) is 9.30. The molecule has 0 spiro atoms. The number of likely N-dealkylation sites (tertiary alicyclic amines) is 1. The normalized spacial score (nSPS) is 20.9. The van der Waals surface area contributed by atoms with Crippen molar-refractivity contribution in [1.29, 1.82) is 0 Å². The minimum absolute atomic E-state index is 0.0904. The highest BCUT2D eigenvalue weighted by molar-refractivity contribution is 5.89. The van der Waals surface area contributed by atoms with Crippen LogP contribution in [0.3, 0.4) is 0 Å². The summed E-state index contributed by atoms with van der Waals surface area (Å²) in [6, 6.07) is 7.97. The molecule has 2 amide bonds. The summed E-state index contributed by atoms with van der Waals surface area (Å²) in [5, 5.41) is 0. The fraction of sp³-hybridized carbons (Fsp3) is 0.600. The summed E-state index contributed by atoms with van der Waals surface area (Å²) in [5.74, 6) is 0.701. The van der Waals surface area contributed by atoms with Crippen LogP contribution >= 0.6 is 0 Å². The molecule has 1 saturated heterocycles. The molecule has 5 heteroatoms. The fourth-order valence-corrected chi connectivity index (χ4v) is 4.36. The van der Waals surface area contributed by atoms with Gasteiger partial charge in [0.15, 0.2) is 0 Å². The van der Waals surface area contributed by atoms with Gasteiger partial charge in [0.25, 0.3) is 0 Å². The number of amides is 2. The van der Waals surface area contributed by atoms with E-state index in [4.69, 9.17) is 10.5 Å². The van der Waals surface area contributed by atoms with Crippen LogP contribution in [-0.4, -0.2) is 36.9 Å². The molecule has 136 valence electrons. The van der Waals surface area contributed by atoms with Crippen LogP contribution in [-0.2, 0) is 15.0 Å². The molecule has 1 saturated carbocycles. The van der Waals surface area contributed by atoms with Gasteiger partial charge in [0, 0.05) is 19.0 Å². The maximum absolute atomic E-state index is 13.5. The average Bonchev–Trinajstić information content (AvgIpc) is 2.68. The third-order valence-corrected chi connectivity index (χ3v) is 5.94. The number of hydrogen-bond acceptors (Lipinski definition) is 3. The molecule has 2 aliphatic rings. The Labute approximate surface area is 149 Å². The summed E-state index contributed by atoms with van der Waals surface area (Å²) in [5.41, 5.74) is 6.09. The first-order valence-corrected chi connectivity index (χ1v) is 9.30. The van der Waals surface area contributed by atoms with Gasteiger partial charge in [-0.25, -0.2) is 0 Å². The van der Waals surface area contributed by atoms with Crippen molar-refractivity contribution in [3.63, 3.8) is 0 Å². The lowest BCUT2D eigenvalue weighted by Crippen LogP contribution is -2.51. The standard InChI is InChI=1S/C20H28N2O3/c1-25-17-7-5-16(6-8-17)20(11-3-2-4-12-20)19(24)22-13-9-15(10-14-22)18(21)23/h5-8,15H,2-4,9-14H2,1H3,(H2,21,23). The molecule has 0 radical (unpaired) electrons. The number of carbonyl (C=O) groups excluding carboxylic acids is 2. The Kier molecular flexibility index (Phi) is 5.30. The van der Waals surface area contributed by atoms with Crippen LogP contribution in [0.1, 0.15) is 50.5 Å². The number of nitrogens with zero attached hydrogens (tertiary/aromatic N) is 1. The lowest BCUT2D eigenvalue weighted by atomic mass is 9.68. The van der Waals surface area contributed by atoms with Gasteiger partial charge < -0.3 is 15.4 Å². The Morgan fingerprint density at radius 3 is 2.20 bits per heavy atom. The smallest absolute Gasteiger partial charge is 0.233 e. The first-order chi connectivity index (χ1) is 12.1. The average molecular weight is 344 g/mol. The van der Waals surface area contributed by atoms with Crippen molar-refractivity contribution in [2.75, 3.05) is 20.2 Å². The SMILES string of the molecule is COc1ccc(C2(C(=O)N3CCC(C(N)=O)CC3)CCCCC2)cc1. The molecule has 1 heterocycles. The van der Waals surface area contributed by atoms with Crippen molar-refractivity contribution in [1.82, 2.24) is 4.90 Å². The molecule has 0 atom stereocenters. The van der Waals surface area contributed by atoms with Crippen LogP contribution in [0, 0.1) is 5.92 Å². The summed E-state index contributed by atoms with van der Waals surface area (Å²) < 4.78 is 5.26. The predicted molar refractivity (Wildman–Crippen MR) is 96.3 cm³/mol. The number of methoxy groups -OCH3 is 1. The van der Waals surface area contributed by atoms with E-state index in [-0.39, 0.29) is 17.7 Å². The second-order valence-electron chi connectivity index (χ2n) is 7.34. The van der Waals surface area contributed by atoms with Crippen LogP contribution < -0.4 is 10.5 Å². The maximum atomic E-state index is 13.5. The first kappa shape index (κ1) is 17.8. The topological polar surface area (TPSA) is 72.6 Å². The van der Waals surface area contributed by atoms with E-state index in [1.807, 2.05) is 29.2 Å². The molecule has 0 unspecified atom stereocenters. The minimum atomic E-state index is -0.427. The second-order valence-corrected chi connectivity index (χ2v) is 7.34. The Morgan fingerprint density at radius 2 is 1.68 bits per heavy atom. The van der Waals surface area contributed by atoms with Crippen LogP contribution in [0.4, 0.5) is 0 Å². The largest absolute Gasteiger partial charge is 0.497 e. The number of nitrogens with two attached hydrogens (primary N) is 1. The number of benzene rings is 1. The minimum Gasteiger partial charge on any atom is -0.497 e. The molecular formula is C20H28N2O3. The van der Waals surface area contributed by atoms with E-state index >= 15 is 0 Å². The molecule has 5 nitrogen and oxygen atoms in total. The van der Waals surface area contributed by atoms with Gasteiger partial charge in [-0.1, -0.05) is 31.4 Å². The van der Waals surface area contributed by atoms with E-state index in [2.05, 4.69) is 0 Å². The van der Waals surface area contributed by atoms with Gasteiger partial charge in [0.1, 0.15) is 5.75 Å². The van der Waals surface area contributed by atoms with Gasteiger partial charge in [0.2, 0.25) is 11.8 Å².